The summed E-state index contributed by atoms with van der Waals surface area (Å²) in [6.07, 6.45) is -7.53. The van der Waals surface area contributed by atoms with Crippen LogP contribution in [0.1, 0.15) is 33.3 Å². The van der Waals surface area contributed by atoms with Crippen LogP contribution in [0, 0.1) is 0 Å². The van der Waals surface area contributed by atoms with Crippen molar-refractivity contribution in [2.24, 2.45) is 0 Å². The minimum Gasteiger partial charge on any atom is -0.461 e. The molecule has 31 heavy (non-hydrogen) atoms. The number of benzene rings is 1. The summed E-state index contributed by atoms with van der Waals surface area (Å²) >= 11 is 0. The van der Waals surface area contributed by atoms with Gasteiger partial charge in [-0.2, -0.15) is 0 Å². The molecule has 5 atom stereocenters. The minimum atomic E-state index is -1.66. The van der Waals surface area contributed by atoms with Gasteiger partial charge in [0.05, 0.1) is 0 Å². The molecule has 11 heteroatoms. The predicted molar refractivity (Wildman–Crippen MR) is 100 cm³/mol. The van der Waals surface area contributed by atoms with Crippen LogP contribution in [0.4, 0.5) is 0 Å². The van der Waals surface area contributed by atoms with Gasteiger partial charge in [-0.15, -0.1) is 0 Å². The number of carbonyl (C=O) groups is 4. The Kier molecular flexibility index (Phi) is 8.34. The molecule has 0 saturated carbocycles. The van der Waals surface area contributed by atoms with Gasteiger partial charge in [0.25, 0.3) is 0 Å². The van der Waals surface area contributed by atoms with Crippen LogP contribution in [-0.4, -0.2) is 59.9 Å². The summed E-state index contributed by atoms with van der Waals surface area (Å²) in [7, 11) is 0. The minimum absolute atomic E-state index is 0.111. The maximum atomic E-state index is 11.7. The Bertz CT molecular complexity index is 821. The Labute approximate surface area is 178 Å². The molecule has 0 spiro atoms. The molecule has 0 aliphatic carbocycles. The van der Waals surface area contributed by atoms with Gasteiger partial charge in [-0.3, -0.25) is 23.9 Å². The van der Waals surface area contributed by atoms with Gasteiger partial charge in [0.2, 0.25) is 18.7 Å². The largest absolute Gasteiger partial charge is 0.461 e. The molecule has 0 radical (unpaired) electrons. The average Bonchev–Trinajstić information content (AvgIpc) is 2.66. The Hall–Kier alpha value is -3.18. The number of hydrogen-bond acceptors (Lipinski definition) is 11. The van der Waals surface area contributed by atoms with Gasteiger partial charge in [0.15, 0.2) is 12.2 Å². The van der Waals surface area contributed by atoms with Gasteiger partial charge in [0, 0.05) is 33.3 Å². The average molecular weight is 440 g/mol. The van der Waals surface area contributed by atoms with Crippen molar-refractivity contribution < 1.29 is 52.7 Å². The first kappa shape index (κ1) is 24.1. The Morgan fingerprint density at radius 3 is 2.00 bits per heavy atom. The smallest absolute Gasteiger partial charge is 0.305 e. The second-order valence-electron chi connectivity index (χ2n) is 6.63. The van der Waals surface area contributed by atoms with Crippen molar-refractivity contribution in [1.82, 2.24) is 0 Å². The number of rotatable bonds is 7. The van der Waals surface area contributed by atoms with Gasteiger partial charge >= 0.3 is 23.9 Å². The molecule has 2 rings (SSSR count). The highest BCUT2D eigenvalue weighted by atomic mass is 16.8. The summed E-state index contributed by atoms with van der Waals surface area (Å²) in [5.74, 6) is -2.62. The SMILES string of the molecule is CC(=O)OCc1ccccc1O[C@@H]1O[C@H](OC(C)=O)[C@@H](O)[C@H](OC(C)=O)[C@H]1OC(C)=O. The van der Waals surface area contributed by atoms with Crippen LogP contribution in [0.25, 0.3) is 0 Å². The normalized spacial score (nSPS) is 25.1. The molecular formula is C20H24O11. The topological polar surface area (TPSA) is 144 Å². The summed E-state index contributed by atoms with van der Waals surface area (Å²) in [5.41, 5.74) is 0.460. The van der Waals surface area contributed by atoms with E-state index in [1.807, 2.05) is 0 Å². The molecule has 1 aromatic carbocycles. The van der Waals surface area contributed by atoms with E-state index in [0.717, 1.165) is 20.8 Å². The van der Waals surface area contributed by atoms with Crippen LogP contribution in [0.15, 0.2) is 24.3 Å². The zero-order valence-electron chi connectivity index (χ0n) is 17.4. The van der Waals surface area contributed by atoms with Crippen molar-refractivity contribution in [2.45, 2.75) is 65.2 Å². The molecule has 11 nitrogen and oxygen atoms in total. The van der Waals surface area contributed by atoms with E-state index in [1.54, 1.807) is 24.3 Å². The highest BCUT2D eigenvalue weighted by Gasteiger charge is 2.52. The number of para-hydroxylation sites is 1. The van der Waals surface area contributed by atoms with Crippen molar-refractivity contribution in [1.29, 1.82) is 0 Å². The number of ether oxygens (including phenoxy) is 6. The summed E-state index contributed by atoms with van der Waals surface area (Å²) in [5, 5.41) is 10.5. The van der Waals surface area contributed by atoms with Gasteiger partial charge in [0.1, 0.15) is 12.4 Å². The molecule has 170 valence electrons. The molecular weight excluding hydrogens is 416 g/mol. The molecule has 1 saturated heterocycles. The van der Waals surface area contributed by atoms with Crippen LogP contribution in [0.3, 0.4) is 0 Å². The van der Waals surface area contributed by atoms with E-state index in [1.165, 1.54) is 6.92 Å². The summed E-state index contributed by atoms with van der Waals surface area (Å²) in [6, 6.07) is 6.49. The first-order valence-electron chi connectivity index (χ1n) is 9.31. The molecule has 0 amide bonds. The quantitative estimate of drug-likeness (QED) is 0.470. The summed E-state index contributed by atoms with van der Waals surface area (Å²) < 4.78 is 31.6. The fraction of sp³-hybridized carbons (Fsp3) is 0.500. The predicted octanol–water partition coefficient (Wildman–Crippen LogP) is 0.598. The molecule has 0 bridgehead atoms. The van der Waals surface area contributed by atoms with Crippen molar-refractivity contribution in [3.05, 3.63) is 29.8 Å². The van der Waals surface area contributed by atoms with E-state index >= 15 is 0 Å². The first-order valence-corrected chi connectivity index (χ1v) is 9.31. The fourth-order valence-corrected chi connectivity index (χ4v) is 2.84. The van der Waals surface area contributed by atoms with Gasteiger partial charge in [-0.25, -0.2) is 0 Å². The van der Waals surface area contributed by atoms with Crippen LogP contribution >= 0.6 is 0 Å². The van der Waals surface area contributed by atoms with Gasteiger partial charge in [-0.1, -0.05) is 18.2 Å². The van der Waals surface area contributed by atoms with Crippen LogP contribution in [0.2, 0.25) is 0 Å². The van der Waals surface area contributed by atoms with Gasteiger partial charge < -0.3 is 28.8 Å². The number of aliphatic hydroxyl groups is 1. The Morgan fingerprint density at radius 1 is 0.839 bits per heavy atom. The number of esters is 4. The molecule has 1 heterocycles. The lowest BCUT2D eigenvalue weighted by Gasteiger charge is -2.42. The van der Waals surface area contributed by atoms with Crippen molar-refractivity contribution in [3.8, 4) is 5.75 Å². The van der Waals surface area contributed by atoms with Gasteiger partial charge in [-0.05, 0) is 6.07 Å². The van der Waals surface area contributed by atoms with Crippen LogP contribution in [-0.2, 0) is 49.5 Å². The van der Waals surface area contributed by atoms with E-state index in [0.29, 0.717) is 5.56 Å². The van der Waals surface area contributed by atoms with Crippen LogP contribution in [0.5, 0.6) is 5.75 Å². The second-order valence-corrected chi connectivity index (χ2v) is 6.63. The molecule has 1 fully saturated rings. The lowest BCUT2D eigenvalue weighted by atomic mass is 10.0. The zero-order chi connectivity index (χ0) is 23.1. The first-order chi connectivity index (χ1) is 14.6. The van der Waals surface area contributed by atoms with Crippen molar-refractivity contribution in [2.75, 3.05) is 0 Å². The lowest BCUT2D eigenvalue weighted by Crippen LogP contribution is -2.62. The van der Waals surface area contributed by atoms with E-state index in [9.17, 15) is 24.3 Å². The maximum absolute atomic E-state index is 11.7. The molecule has 1 aromatic rings. The van der Waals surface area contributed by atoms with E-state index in [-0.39, 0.29) is 12.4 Å². The third-order valence-electron chi connectivity index (χ3n) is 4.01. The fourth-order valence-electron chi connectivity index (χ4n) is 2.84. The molecule has 1 aliphatic heterocycles. The van der Waals surface area contributed by atoms with E-state index in [2.05, 4.69) is 0 Å². The Balaban J connectivity index is 2.38. The van der Waals surface area contributed by atoms with Crippen molar-refractivity contribution >= 4 is 23.9 Å². The lowest BCUT2D eigenvalue weighted by molar-refractivity contribution is -0.326. The summed E-state index contributed by atoms with van der Waals surface area (Å²) in [6.45, 7) is 4.44. The molecule has 0 unspecified atom stereocenters. The monoisotopic (exact) mass is 440 g/mol. The highest BCUT2D eigenvalue weighted by molar-refractivity contribution is 5.68. The third-order valence-corrected chi connectivity index (χ3v) is 4.01. The van der Waals surface area contributed by atoms with E-state index < -0.39 is 54.8 Å². The third kappa shape index (κ3) is 6.93. The Morgan fingerprint density at radius 2 is 1.42 bits per heavy atom. The maximum Gasteiger partial charge on any atom is 0.305 e. The number of carbonyl (C=O) groups excluding carboxylic acids is 4. The molecule has 1 aliphatic rings. The summed E-state index contributed by atoms with van der Waals surface area (Å²) in [4.78, 5) is 45.8. The number of aliphatic hydroxyl groups excluding tert-OH is 1. The van der Waals surface area contributed by atoms with Crippen molar-refractivity contribution in [3.63, 3.8) is 0 Å². The zero-order valence-corrected chi connectivity index (χ0v) is 17.4. The standard InChI is InChI=1S/C20H24O11/c1-10(21)26-9-14-7-5-6-8-15(14)30-20-18(28-12(3)23)17(27-11(2)22)16(25)19(31-20)29-13(4)24/h5-8,16-20,25H,9H2,1-4H3/t16-,17-,18+,19-,20+/m0/s1. The second kappa shape index (κ2) is 10.7. The number of hydrogen-bond donors (Lipinski definition) is 1. The highest BCUT2D eigenvalue weighted by Crippen LogP contribution is 2.30. The molecule has 0 aromatic heterocycles. The van der Waals surface area contributed by atoms with Crippen LogP contribution < -0.4 is 4.74 Å². The van der Waals surface area contributed by atoms with E-state index in [4.69, 9.17) is 28.4 Å². The molecule has 1 N–H and O–H groups in total.